The molecule has 0 aromatic carbocycles. The molecule has 0 spiro atoms. The van der Waals surface area contributed by atoms with E-state index in [9.17, 15) is 4.79 Å². The first kappa shape index (κ1) is 17.4. The third-order valence-corrected chi connectivity index (χ3v) is 3.83. The van der Waals surface area contributed by atoms with Crippen LogP contribution in [-0.4, -0.2) is 57.1 Å². The first-order chi connectivity index (χ1) is 9.58. The fourth-order valence-electron chi connectivity index (χ4n) is 2.83. The second-order valence-electron chi connectivity index (χ2n) is 5.62. The van der Waals surface area contributed by atoms with E-state index in [0.29, 0.717) is 6.79 Å². The minimum absolute atomic E-state index is 0.0394. The van der Waals surface area contributed by atoms with Crippen LogP contribution in [-0.2, 0) is 19.0 Å². The SMILES string of the molecule is CCCCC(OCOC)C1CN(C)CCC1OC(C)=O. The lowest BCUT2D eigenvalue weighted by molar-refractivity contribution is -0.163. The van der Waals surface area contributed by atoms with Crippen molar-refractivity contribution >= 4 is 5.97 Å². The zero-order chi connectivity index (χ0) is 15.0. The van der Waals surface area contributed by atoms with Crippen LogP contribution in [0, 0.1) is 5.92 Å². The molecule has 3 atom stereocenters. The van der Waals surface area contributed by atoms with Crippen LogP contribution in [0.1, 0.15) is 39.5 Å². The highest BCUT2D eigenvalue weighted by Gasteiger charge is 2.36. The van der Waals surface area contributed by atoms with Crippen LogP contribution in [0.15, 0.2) is 0 Å². The lowest BCUT2D eigenvalue weighted by Crippen LogP contribution is -2.49. The van der Waals surface area contributed by atoms with E-state index in [0.717, 1.165) is 38.8 Å². The third kappa shape index (κ3) is 5.77. The molecule has 1 fully saturated rings. The molecule has 1 heterocycles. The monoisotopic (exact) mass is 287 g/mol. The minimum atomic E-state index is -0.203. The summed E-state index contributed by atoms with van der Waals surface area (Å²) in [5.74, 6) is 0.0184. The average Bonchev–Trinajstić information content (AvgIpc) is 2.41. The van der Waals surface area contributed by atoms with Crippen molar-refractivity contribution in [3.05, 3.63) is 0 Å². The van der Waals surface area contributed by atoms with Crippen LogP contribution in [0.2, 0.25) is 0 Å². The summed E-state index contributed by atoms with van der Waals surface area (Å²) in [7, 11) is 3.73. The summed E-state index contributed by atoms with van der Waals surface area (Å²) in [6.45, 7) is 5.80. The summed E-state index contributed by atoms with van der Waals surface area (Å²) in [4.78, 5) is 13.6. The number of carbonyl (C=O) groups is 1. The molecule has 0 bridgehead atoms. The number of esters is 1. The van der Waals surface area contributed by atoms with Gasteiger partial charge in [0.2, 0.25) is 0 Å². The number of likely N-dealkylation sites (tertiary alicyclic amines) is 1. The average molecular weight is 287 g/mol. The molecule has 20 heavy (non-hydrogen) atoms. The maximum atomic E-state index is 11.3. The van der Waals surface area contributed by atoms with Gasteiger partial charge in [0.15, 0.2) is 0 Å². The van der Waals surface area contributed by atoms with Gasteiger partial charge in [-0.3, -0.25) is 4.79 Å². The lowest BCUT2D eigenvalue weighted by atomic mass is 9.87. The topological polar surface area (TPSA) is 48.0 Å². The first-order valence-electron chi connectivity index (χ1n) is 7.54. The highest BCUT2D eigenvalue weighted by atomic mass is 16.7. The lowest BCUT2D eigenvalue weighted by Gasteiger charge is -2.40. The number of rotatable bonds is 8. The van der Waals surface area contributed by atoms with E-state index in [1.165, 1.54) is 6.92 Å². The number of hydrogen-bond donors (Lipinski definition) is 0. The molecule has 5 nitrogen and oxygen atoms in total. The maximum absolute atomic E-state index is 11.3. The first-order valence-corrected chi connectivity index (χ1v) is 7.54. The van der Waals surface area contributed by atoms with Crippen molar-refractivity contribution in [3.8, 4) is 0 Å². The van der Waals surface area contributed by atoms with Crippen LogP contribution in [0.25, 0.3) is 0 Å². The minimum Gasteiger partial charge on any atom is -0.462 e. The van der Waals surface area contributed by atoms with E-state index in [-0.39, 0.29) is 24.1 Å². The van der Waals surface area contributed by atoms with Gasteiger partial charge in [-0.25, -0.2) is 0 Å². The van der Waals surface area contributed by atoms with Gasteiger partial charge in [-0.05, 0) is 19.9 Å². The Labute approximate surface area is 122 Å². The van der Waals surface area contributed by atoms with Gasteiger partial charge in [0.25, 0.3) is 0 Å². The molecule has 1 aliphatic heterocycles. The normalized spacial score (nSPS) is 25.4. The van der Waals surface area contributed by atoms with Gasteiger partial charge in [0, 0.05) is 33.0 Å². The molecule has 3 unspecified atom stereocenters. The number of unbranched alkanes of at least 4 members (excludes halogenated alkanes) is 1. The van der Waals surface area contributed by atoms with Gasteiger partial charge in [-0.2, -0.15) is 0 Å². The predicted octanol–water partition coefficient (Wildman–Crippen LogP) is 2.05. The molecule has 5 heteroatoms. The second kappa shape index (κ2) is 9.32. The standard InChI is InChI=1S/C15H29NO4/c1-5-6-7-14(19-11-18-4)13-10-16(3)9-8-15(13)20-12(2)17/h13-15H,5-11H2,1-4H3. The summed E-state index contributed by atoms with van der Waals surface area (Å²) in [5.41, 5.74) is 0. The van der Waals surface area contributed by atoms with Crippen molar-refractivity contribution in [2.75, 3.05) is 34.0 Å². The summed E-state index contributed by atoms with van der Waals surface area (Å²) < 4.78 is 16.4. The molecule has 118 valence electrons. The van der Waals surface area contributed by atoms with Gasteiger partial charge in [0.05, 0.1) is 6.10 Å². The fraction of sp³-hybridized carbons (Fsp3) is 0.933. The largest absolute Gasteiger partial charge is 0.462 e. The molecule has 0 aliphatic carbocycles. The van der Waals surface area contributed by atoms with Crippen LogP contribution in [0.3, 0.4) is 0 Å². The highest BCUT2D eigenvalue weighted by molar-refractivity contribution is 5.66. The van der Waals surface area contributed by atoms with Gasteiger partial charge in [-0.1, -0.05) is 19.8 Å². The van der Waals surface area contributed by atoms with E-state index in [4.69, 9.17) is 14.2 Å². The highest BCUT2D eigenvalue weighted by Crippen LogP contribution is 2.27. The quantitative estimate of drug-likeness (QED) is 0.505. The van der Waals surface area contributed by atoms with Crippen molar-refractivity contribution < 1.29 is 19.0 Å². The summed E-state index contributed by atoms with van der Waals surface area (Å²) in [6.07, 6.45) is 4.15. The van der Waals surface area contributed by atoms with Crippen LogP contribution >= 0.6 is 0 Å². The molecule has 0 N–H and O–H groups in total. The van der Waals surface area contributed by atoms with Crippen LogP contribution in [0.5, 0.6) is 0 Å². The van der Waals surface area contributed by atoms with E-state index in [1.807, 2.05) is 0 Å². The Hall–Kier alpha value is -0.650. The smallest absolute Gasteiger partial charge is 0.302 e. The van der Waals surface area contributed by atoms with Crippen molar-refractivity contribution in [1.29, 1.82) is 0 Å². The molecule has 0 amide bonds. The second-order valence-corrected chi connectivity index (χ2v) is 5.62. The van der Waals surface area contributed by atoms with E-state index in [2.05, 4.69) is 18.9 Å². The number of piperidine rings is 1. The zero-order valence-electron chi connectivity index (χ0n) is 13.3. The third-order valence-electron chi connectivity index (χ3n) is 3.83. The summed E-state index contributed by atoms with van der Waals surface area (Å²) in [5, 5.41) is 0. The molecule has 0 aromatic heterocycles. The van der Waals surface area contributed by atoms with E-state index >= 15 is 0 Å². The molecule has 0 saturated carbocycles. The number of ether oxygens (including phenoxy) is 3. The fourth-order valence-corrected chi connectivity index (χ4v) is 2.83. The Morgan fingerprint density at radius 1 is 1.45 bits per heavy atom. The Kier molecular flexibility index (Phi) is 8.11. The van der Waals surface area contributed by atoms with E-state index in [1.54, 1.807) is 7.11 Å². The summed E-state index contributed by atoms with van der Waals surface area (Å²) >= 11 is 0. The number of methoxy groups -OCH3 is 1. The number of carbonyl (C=O) groups excluding carboxylic acids is 1. The molecule has 1 rings (SSSR count). The van der Waals surface area contributed by atoms with Crippen molar-refractivity contribution in [2.45, 2.75) is 51.7 Å². The Balaban J connectivity index is 2.70. The number of hydrogen-bond acceptors (Lipinski definition) is 5. The maximum Gasteiger partial charge on any atom is 0.302 e. The molecular formula is C15H29NO4. The van der Waals surface area contributed by atoms with Gasteiger partial charge in [0.1, 0.15) is 12.9 Å². The molecular weight excluding hydrogens is 258 g/mol. The molecule has 0 aromatic rings. The van der Waals surface area contributed by atoms with Crippen LogP contribution < -0.4 is 0 Å². The van der Waals surface area contributed by atoms with E-state index < -0.39 is 0 Å². The predicted molar refractivity (Wildman–Crippen MR) is 77.4 cm³/mol. The zero-order valence-corrected chi connectivity index (χ0v) is 13.3. The Morgan fingerprint density at radius 3 is 2.80 bits per heavy atom. The Morgan fingerprint density at radius 2 is 2.20 bits per heavy atom. The van der Waals surface area contributed by atoms with Crippen molar-refractivity contribution in [2.24, 2.45) is 5.92 Å². The van der Waals surface area contributed by atoms with Gasteiger partial charge < -0.3 is 19.1 Å². The molecule has 1 aliphatic rings. The molecule has 1 saturated heterocycles. The van der Waals surface area contributed by atoms with Gasteiger partial charge in [-0.15, -0.1) is 0 Å². The Bertz CT molecular complexity index is 277. The van der Waals surface area contributed by atoms with Crippen molar-refractivity contribution in [3.63, 3.8) is 0 Å². The number of nitrogens with zero attached hydrogens (tertiary/aromatic N) is 1. The molecule has 0 radical (unpaired) electrons. The van der Waals surface area contributed by atoms with Crippen molar-refractivity contribution in [1.82, 2.24) is 4.90 Å². The van der Waals surface area contributed by atoms with Crippen LogP contribution in [0.4, 0.5) is 0 Å². The summed E-state index contributed by atoms with van der Waals surface area (Å²) in [6, 6.07) is 0. The van der Waals surface area contributed by atoms with Gasteiger partial charge >= 0.3 is 5.97 Å².